The summed E-state index contributed by atoms with van der Waals surface area (Å²) in [5.41, 5.74) is 3.19. The number of hydrogen-bond donors (Lipinski definition) is 1. The predicted octanol–water partition coefficient (Wildman–Crippen LogP) is 4.37. The number of carbonyl (C=O) groups is 1. The summed E-state index contributed by atoms with van der Waals surface area (Å²) in [7, 11) is 0. The third kappa shape index (κ3) is 4.98. The van der Waals surface area contributed by atoms with E-state index in [2.05, 4.69) is 9.88 Å². The van der Waals surface area contributed by atoms with Gasteiger partial charge < -0.3 is 14.7 Å². The van der Waals surface area contributed by atoms with E-state index in [0.717, 1.165) is 36.9 Å². The number of nitrogens with zero attached hydrogens (tertiary/aromatic N) is 3. The quantitative estimate of drug-likeness (QED) is 0.645. The molecule has 178 valence electrons. The van der Waals surface area contributed by atoms with Gasteiger partial charge in [0.15, 0.2) is 0 Å². The summed E-state index contributed by atoms with van der Waals surface area (Å²) in [4.78, 5) is 21.3. The molecule has 2 aliphatic rings. The van der Waals surface area contributed by atoms with Crippen LogP contribution in [-0.2, 0) is 0 Å². The molecule has 1 aromatic carbocycles. The van der Waals surface area contributed by atoms with E-state index in [-0.39, 0.29) is 23.7 Å². The monoisotopic (exact) mass is 479 g/mol. The molecule has 1 amide bonds. The molecular weight excluding hydrogens is 452 g/mol. The molecule has 1 N–H and O–H groups in total. The molecule has 2 saturated heterocycles. The Morgan fingerprint density at radius 3 is 2.70 bits per heavy atom. The minimum Gasteiger partial charge on any atom is -0.431 e. The molecule has 3 heterocycles. The summed E-state index contributed by atoms with van der Waals surface area (Å²) in [5, 5.41) is 9.18. The number of piperidine rings is 1. The number of aliphatic hydroxyl groups excluding tert-OH is 1. The lowest BCUT2D eigenvalue weighted by Crippen LogP contribution is -2.57. The average molecular weight is 480 g/mol. The van der Waals surface area contributed by atoms with Gasteiger partial charge in [0.2, 0.25) is 0 Å². The summed E-state index contributed by atoms with van der Waals surface area (Å²) >= 11 is 5.84. The average Bonchev–Trinajstić information content (AvgIpc) is 2.81. The molecule has 2 aromatic rings. The van der Waals surface area contributed by atoms with Crippen molar-refractivity contribution in [2.24, 2.45) is 0 Å². The first-order valence-corrected chi connectivity index (χ1v) is 11.5. The number of alkyl halides is 2. The molecule has 0 bridgehead atoms. The van der Waals surface area contributed by atoms with E-state index < -0.39 is 12.7 Å². The van der Waals surface area contributed by atoms with Crippen LogP contribution in [0, 0.1) is 13.8 Å². The Morgan fingerprint density at radius 2 is 2.00 bits per heavy atom. The summed E-state index contributed by atoms with van der Waals surface area (Å²) in [6.07, 6.45) is 0.892. The van der Waals surface area contributed by atoms with Gasteiger partial charge in [-0.3, -0.25) is 9.69 Å². The molecule has 9 heteroatoms. The molecule has 1 unspecified atom stereocenters. The van der Waals surface area contributed by atoms with E-state index in [9.17, 15) is 13.6 Å². The fourth-order valence-corrected chi connectivity index (χ4v) is 5.05. The Kier molecular flexibility index (Phi) is 6.88. The van der Waals surface area contributed by atoms with Crippen molar-refractivity contribution in [3.8, 4) is 5.75 Å². The lowest BCUT2D eigenvalue weighted by molar-refractivity contribution is -0.201. The summed E-state index contributed by atoms with van der Waals surface area (Å²) in [6, 6.07) is 7.13. The number of benzene rings is 1. The van der Waals surface area contributed by atoms with Crippen LogP contribution >= 0.6 is 11.6 Å². The van der Waals surface area contributed by atoms with Crippen molar-refractivity contribution in [3.05, 3.63) is 57.9 Å². The smallest absolute Gasteiger partial charge is 0.421 e. The molecule has 6 nitrogen and oxygen atoms in total. The molecule has 0 radical (unpaired) electrons. The fraction of sp³-hybridized carbons (Fsp3) is 0.500. The molecule has 0 aliphatic carbocycles. The number of pyridine rings is 1. The first-order valence-electron chi connectivity index (χ1n) is 11.1. The van der Waals surface area contributed by atoms with Gasteiger partial charge in [0.25, 0.3) is 5.91 Å². The Bertz CT molecular complexity index is 1020. The minimum atomic E-state index is -3.61. The molecule has 2 fully saturated rings. The maximum atomic E-state index is 13.5. The first-order chi connectivity index (χ1) is 15.7. The second-order valence-corrected chi connectivity index (χ2v) is 9.15. The number of amides is 1. The number of rotatable bonds is 5. The molecule has 4 rings (SSSR count). The van der Waals surface area contributed by atoms with Crippen LogP contribution in [0.25, 0.3) is 0 Å². The lowest BCUT2D eigenvalue weighted by atomic mass is 9.86. The van der Waals surface area contributed by atoms with Crippen LogP contribution in [0.1, 0.15) is 52.4 Å². The Hall–Kier alpha value is -2.29. The Morgan fingerprint density at radius 1 is 1.21 bits per heavy atom. The van der Waals surface area contributed by atoms with Crippen molar-refractivity contribution < 1.29 is 23.4 Å². The largest absolute Gasteiger partial charge is 0.431 e. The number of aromatic nitrogens is 1. The maximum absolute atomic E-state index is 13.5. The van der Waals surface area contributed by atoms with Gasteiger partial charge in [-0.1, -0.05) is 17.7 Å². The van der Waals surface area contributed by atoms with E-state index in [1.54, 1.807) is 25.1 Å². The SMILES string of the molecule is Cc1c(OC(F)(F)CO)ccc(C2CCC[C@H]3CN(C(=O)c4ccc(Cl)nc4)CCN23)c1C. The minimum absolute atomic E-state index is 0.0423. The highest BCUT2D eigenvalue weighted by Crippen LogP contribution is 2.40. The van der Waals surface area contributed by atoms with Gasteiger partial charge in [-0.2, -0.15) is 8.78 Å². The zero-order valence-corrected chi connectivity index (χ0v) is 19.5. The molecule has 0 spiro atoms. The number of halogens is 3. The fourth-order valence-electron chi connectivity index (χ4n) is 4.93. The topological polar surface area (TPSA) is 65.9 Å². The van der Waals surface area contributed by atoms with Crippen molar-refractivity contribution in [1.82, 2.24) is 14.8 Å². The molecule has 0 saturated carbocycles. The van der Waals surface area contributed by atoms with Gasteiger partial charge in [0.1, 0.15) is 17.5 Å². The summed E-state index contributed by atoms with van der Waals surface area (Å²) < 4.78 is 31.8. The van der Waals surface area contributed by atoms with Crippen LogP contribution in [0.4, 0.5) is 8.78 Å². The highest BCUT2D eigenvalue weighted by atomic mass is 35.5. The van der Waals surface area contributed by atoms with Crippen LogP contribution in [0.2, 0.25) is 5.15 Å². The van der Waals surface area contributed by atoms with Crippen LogP contribution in [0.5, 0.6) is 5.75 Å². The maximum Gasteiger partial charge on any atom is 0.421 e. The molecule has 2 aliphatic heterocycles. The van der Waals surface area contributed by atoms with E-state index in [1.165, 1.54) is 6.20 Å². The van der Waals surface area contributed by atoms with Crippen molar-refractivity contribution in [2.45, 2.75) is 51.3 Å². The van der Waals surface area contributed by atoms with Gasteiger partial charge in [-0.05, 0) is 68.0 Å². The van der Waals surface area contributed by atoms with Gasteiger partial charge in [-0.15, -0.1) is 0 Å². The number of piperazine rings is 1. The van der Waals surface area contributed by atoms with Crippen molar-refractivity contribution >= 4 is 17.5 Å². The van der Waals surface area contributed by atoms with Gasteiger partial charge >= 0.3 is 6.11 Å². The highest BCUT2D eigenvalue weighted by molar-refractivity contribution is 6.29. The second kappa shape index (κ2) is 9.52. The van der Waals surface area contributed by atoms with Crippen LogP contribution in [0.15, 0.2) is 30.5 Å². The number of aliphatic hydroxyl groups is 1. The van der Waals surface area contributed by atoms with E-state index in [0.29, 0.717) is 29.4 Å². The van der Waals surface area contributed by atoms with Crippen molar-refractivity contribution in [2.75, 3.05) is 26.2 Å². The normalized spacial score (nSPS) is 21.6. The molecular formula is C24H28ClF2N3O3. The second-order valence-electron chi connectivity index (χ2n) is 8.76. The van der Waals surface area contributed by atoms with Gasteiger partial charge in [-0.25, -0.2) is 4.98 Å². The first kappa shape index (κ1) is 23.9. The number of fused-ring (bicyclic) bond motifs is 1. The number of ether oxygens (including phenoxy) is 1. The van der Waals surface area contributed by atoms with E-state index >= 15 is 0 Å². The summed E-state index contributed by atoms with van der Waals surface area (Å²) in [6.45, 7) is 4.30. The molecule has 2 atom stereocenters. The van der Waals surface area contributed by atoms with Gasteiger partial charge in [0.05, 0.1) is 5.56 Å². The van der Waals surface area contributed by atoms with Gasteiger partial charge in [0, 0.05) is 37.9 Å². The third-order valence-electron chi connectivity index (χ3n) is 6.79. The van der Waals surface area contributed by atoms with Crippen molar-refractivity contribution in [1.29, 1.82) is 0 Å². The zero-order valence-electron chi connectivity index (χ0n) is 18.7. The van der Waals surface area contributed by atoms with E-state index in [1.807, 2.05) is 17.9 Å². The Labute approximate surface area is 197 Å². The number of hydrogen-bond acceptors (Lipinski definition) is 5. The predicted molar refractivity (Wildman–Crippen MR) is 121 cm³/mol. The molecule has 1 aromatic heterocycles. The zero-order chi connectivity index (χ0) is 23.8. The summed E-state index contributed by atoms with van der Waals surface area (Å²) in [5.74, 6) is 0.0360. The third-order valence-corrected chi connectivity index (χ3v) is 7.01. The van der Waals surface area contributed by atoms with E-state index in [4.69, 9.17) is 21.4 Å². The Balaban J connectivity index is 1.51. The lowest BCUT2D eigenvalue weighted by Gasteiger charge is -2.48. The molecule has 33 heavy (non-hydrogen) atoms. The van der Waals surface area contributed by atoms with Crippen molar-refractivity contribution in [3.63, 3.8) is 0 Å². The van der Waals surface area contributed by atoms with Crippen LogP contribution in [-0.4, -0.2) is 64.2 Å². The number of carbonyl (C=O) groups excluding carboxylic acids is 1. The highest BCUT2D eigenvalue weighted by Gasteiger charge is 2.38. The van der Waals surface area contributed by atoms with Crippen LogP contribution < -0.4 is 4.74 Å². The van der Waals surface area contributed by atoms with Crippen LogP contribution in [0.3, 0.4) is 0 Å². The standard InChI is InChI=1S/C24H28ClF2N3O3/c1-15-16(2)21(33-24(26,27)14-31)8-7-19(15)20-5-3-4-18-13-29(10-11-30(18)20)23(32)17-6-9-22(25)28-12-17/h6-9,12,18,20,31H,3-5,10-11,13-14H2,1-2H3/t18-,20?/m0/s1.